The van der Waals surface area contributed by atoms with E-state index in [1.165, 1.54) is 28.2 Å². The van der Waals surface area contributed by atoms with Crippen LogP contribution in [0.3, 0.4) is 0 Å². The van der Waals surface area contributed by atoms with Gasteiger partial charge in [-0.1, -0.05) is 0 Å². The molecular formula is C19H22N2O5S2. The number of Topliss-reactive ketones (excluding diaryl/α,β-unsaturated/α-hetero) is 1. The second-order valence-electron chi connectivity index (χ2n) is 6.85. The summed E-state index contributed by atoms with van der Waals surface area (Å²) in [6, 6.07) is 8.53. The van der Waals surface area contributed by atoms with Crippen molar-refractivity contribution in [2.75, 3.05) is 18.9 Å². The lowest BCUT2D eigenvalue weighted by Gasteiger charge is -2.43. The quantitative estimate of drug-likeness (QED) is 0.763. The molecule has 0 aliphatic carbocycles. The lowest BCUT2D eigenvalue weighted by molar-refractivity contribution is -0.126. The maximum absolute atomic E-state index is 13.2. The average Bonchev–Trinajstić information content (AvgIpc) is 2.68. The average molecular weight is 423 g/mol. The third kappa shape index (κ3) is 4.22. The minimum atomic E-state index is -3.90. The zero-order chi connectivity index (χ0) is 20.4. The largest absolute Gasteiger partial charge is 0.457 e. The van der Waals surface area contributed by atoms with Crippen molar-refractivity contribution in [2.24, 2.45) is 0 Å². The van der Waals surface area contributed by atoms with E-state index in [2.05, 4.69) is 4.98 Å². The van der Waals surface area contributed by atoms with Crippen LogP contribution in [0.15, 0.2) is 53.7 Å². The molecule has 150 valence electrons. The van der Waals surface area contributed by atoms with Crippen LogP contribution in [-0.2, 0) is 14.8 Å². The van der Waals surface area contributed by atoms with Crippen LogP contribution in [-0.4, -0.2) is 58.3 Å². The first kappa shape index (κ1) is 20.8. The van der Waals surface area contributed by atoms with Gasteiger partial charge >= 0.3 is 0 Å². The molecule has 28 heavy (non-hydrogen) atoms. The van der Waals surface area contributed by atoms with E-state index in [0.29, 0.717) is 17.3 Å². The number of benzene rings is 1. The smallest absolute Gasteiger partial charge is 0.243 e. The molecule has 2 aromatic rings. The van der Waals surface area contributed by atoms with Crippen LogP contribution in [0.1, 0.15) is 13.8 Å². The number of nitrogens with zero attached hydrogens (tertiary/aromatic N) is 2. The van der Waals surface area contributed by atoms with Gasteiger partial charge in [-0.05, 0) is 50.2 Å². The van der Waals surface area contributed by atoms with Crippen molar-refractivity contribution in [1.82, 2.24) is 9.29 Å². The number of thioether (sulfide) groups is 1. The van der Waals surface area contributed by atoms with Gasteiger partial charge in [0.05, 0.1) is 4.90 Å². The molecule has 1 N–H and O–H groups in total. The minimum Gasteiger partial charge on any atom is -0.457 e. The van der Waals surface area contributed by atoms with E-state index in [-0.39, 0.29) is 11.4 Å². The number of aliphatic hydroxyl groups is 1. The van der Waals surface area contributed by atoms with E-state index in [1.54, 1.807) is 36.7 Å². The lowest BCUT2D eigenvalue weighted by atomic mass is 9.98. The topological polar surface area (TPSA) is 96.8 Å². The molecular weight excluding hydrogens is 400 g/mol. The highest BCUT2D eigenvalue weighted by Crippen LogP contribution is 2.38. The highest BCUT2D eigenvalue weighted by Gasteiger charge is 2.47. The summed E-state index contributed by atoms with van der Waals surface area (Å²) >= 11 is 1.53. The van der Waals surface area contributed by atoms with Crippen molar-refractivity contribution in [3.8, 4) is 11.5 Å². The normalized spacial score (nSPS) is 19.9. The number of hydrogen-bond donors (Lipinski definition) is 1. The van der Waals surface area contributed by atoms with Gasteiger partial charge in [-0.25, -0.2) is 8.42 Å². The lowest BCUT2D eigenvalue weighted by Crippen LogP contribution is -2.59. The van der Waals surface area contributed by atoms with Gasteiger partial charge in [0.1, 0.15) is 24.1 Å². The summed E-state index contributed by atoms with van der Waals surface area (Å²) in [5, 5.41) is 9.35. The van der Waals surface area contributed by atoms with Crippen LogP contribution < -0.4 is 4.74 Å². The van der Waals surface area contributed by atoms with Crippen LogP contribution in [0.25, 0.3) is 0 Å². The van der Waals surface area contributed by atoms with E-state index >= 15 is 0 Å². The maximum atomic E-state index is 13.2. The second-order valence-corrected chi connectivity index (χ2v) is 10.5. The predicted molar refractivity (Wildman–Crippen MR) is 107 cm³/mol. The van der Waals surface area contributed by atoms with Crippen molar-refractivity contribution in [3.63, 3.8) is 0 Å². The number of rotatable bonds is 6. The Balaban J connectivity index is 1.87. The molecule has 1 aliphatic rings. The Hall–Kier alpha value is -1.94. The SMILES string of the molecule is CC1(C)SCCN(S(=O)(=O)c2ccc(Oc3ccncc3)cc2)[C@H]1C(=O)CO. The first-order chi connectivity index (χ1) is 13.3. The molecule has 0 spiro atoms. The minimum absolute atomic E-state index is 0.0769. The Morgan fingerprint density at radius 1 is 1.21 bits per heavy atom. The van der Waals surface area contributed by atoms with E-state index in [9.17, 15) is 18.3 Å². The summed E-state index contributed by atoms with van der Waals surface area (Å²) in [5.41, 5.74) is 0. The number of ether oxygens (including phenoxy) is 1. The van der Waals surface area contributed by atoms with Gasteiger partial charge in [0.2, 0.25) is 10.0 Å². The Labute approximate surface area is 168 Å². The molecule has 0 amide bonds. The van der Waals surface area contributed by atoms with Crippen molar-refractivity contribution in [3.05, 3.63) is 48.8 Å². The van der Waals surface area contributed by atoms with Crippen LogP contribution in [0.2, 0.25) is 0 Å². The first-order valence-corrected chi connectivity index (χ1v) is 11.2. The number of pyridine rings is 1. The van der Waals surface area contributed by atoms with E-state index in [1.807, 2.05) is 13.8 Å². The molecule has 0 bridgehead atoms. The number of sulfonamides is 1. The molecule has 0 saturated carbocycles. The third-order valence-electron chi connectivity index (χ3n) is 4.51. The Kier molecular flexibility index (Phi) is 6.09. The van der Waals surface area contributed by atoms with Crippen molar-refractivity contribution in [2.45, 2.75) is 29.5 Å². The molecule has 7 nitrogen and oxygen atoms in total. The molecule has 0 unspecified atom stereocenters. The molecule has 1 saturated heterocycles. The van der Waals surface area contributed by atoms with Crippen molar-refractivity contribution < 1.29 is 23.1 Å². The Bertz CT molecular complexity index is 931. The van der Waals surface area contributed by atoms with Crippen LogP contribution in [0, 0.1) is 0 Å². The van der Waals surface area contributed by atoms with Crippen LogP contribution in [0.5, 0.6) is 11.5 Å². The van der Waals surface area contributed by atoms with Gasteiger partial charge in [0.15, 0.2) is 5.78 Å². The summed E-state index contributed by atoms with van der Waals surface area (Å²) in [6.07, 6.45) is 3.20. The zero-order valence-corrected chi connectivity index (χ0v) is 17.2. The predicted octanol–water partition coefficient (Wildman–Crippen LogP) is 2.32. The summed E-state index contributed by atoms with van der Waals surface area (Å²) in [6.45, 7) is 3.16. The summed E-state index contributed by atoms with van der Waals surface area (Å²) in [5.74, 6) is 1.15. The number of aliphatic hydroxyl groups excluding tert-OH is 1. The van der Waals surface area contributed by atoms with Crippen molar-refractivity contribution in [1.29, 1.82) is 0 Å². The van der Waals surface area contributed by atoms with E-state index in [4.69, 9.17) is 4.74 Å². The van der Waals surface area contributed by atoms with Gasteiger partial charge in [0, 0.05) is 29.4 Å². The first-order valence-electron chi connectivity index (χ1n) is 8.73. The fourth-order valence-corrected chi connectivity index (χ4v) is 6.36. The van der Waals surface area contributed by atoms with Gasteiger partial charge in [-0.3, -0.25) is 9.78 Å². The van der Waals surface area contributed by atoms with Gasteiger partial charge in [-0.2, -0.15) is 16.1 Å². The third-order valence-corrected chi connectivity index (χ3v) is 7.74. The van der Waals surface area contributed by atoms with Gasteiger partial charge in [0.25, 0.3) is 0 Å². The number of aromatic nitrogens is 1. The number of carbonyl (C=O) groups is 1. The molecule has 1 aromatic heterocycles. The molecule has 1 aliphatic heterocycles. The maximum Gasteiger partial charge on any atom is 0.243 e. The Morgan fingerprint density at radius 3 is 2.43 bits per heavy atom. The monoisotopic (exact) mass is 422 g/mol. The molecule has 1 fully saturated rings. The summed E-state index contributed by atoms with van der Waals surface area (Å²) in [7, 11) is -3.90. The molecule has 1 aromatic carbocycles. The van der Waals surface area contributed by atoms with Gasteiger partial charge in [-0.15, -0.1) is 0 Å². The molecule has 3 rings (SSSR count). The summed E-state index contributed by atoms with van der Waals surface area (Å²) in [4.78, 5) is 16.3. The number of hydrogen-bond acceptors (Lipinski definition) is 7. The fraction of sp³-hybridized carbons (Fsp3) is 0.368. The van der Waals surface area contributed by atoms with Crippen LogP contribution >= 0.6 is 11.8 Å². The standard InChI is InChI=1S/C19H22N2O5S2/c1-19(2)18(17(23)13-22)21(11-12-27-19)28(24,25)16-5-3-14(4-6-16)26-15-7-9-20-10-8-15/h3-10,18,22H,11-13H2,1-2H3/t18-/m0/s1. The number of ketones is 1. The highest BCUT2D eigenvalue weighted by atomic mass is 32.2. The van der Waals surface area contributed by atoms with Crippen LogP contribution in [0.4, 0.5) is 0 Å². The highest BCUT2D eigenvalue weighted by molar-refractivity contribution is 8.00. The molecule has 0 radical (unpaired) electrons. The molecule has 9 heteroatoms. The van der Waals surface area contributed by atoms with Crippen molar-refractivity contribution >= 4 is 27.6 Å². The molecule has 2 heterocycles. The van der Waals surface area contributed by atoms with E-state index in [0.717, 1.165) is 0 Å². The van der Waals surface area contributed by atoms with Gasteiger partial charge < -0.3 is 9.84 Å². The van der Waals surface area contributed by atoms with E-state index < -0.39 is 33.2 Å². The Morgan fingerprint density at radius 2 is 1.82 bits per heavy atom. The number of carbonyl (C=O) groups excluding carboxylic acids is 1. The molecule has 1 atom stereocenters. The zero-order valence-electron chi connectivity index (χ0n) is 15.6. The summed E-state index contributed by atoms with van der Waals surface area (Å²) < 4.78 is 32.7. The fourth-order valence-electron chi connectivity index (χ4n) is 3.20. The second kappa shape index (κ2) is 8.20.